The van der Waals surface area contributed by atoms with E-state index in [-0.39, 0.29) is 6.10 Å². The smallest absolute Gasteiger partial charge is 0.162 e. The summed E-state index contributed by atoms with van der Waals surface area (Å²) in [5.41, 5.74) is 1.11. The molecule has 1 aromatic carbocycles. The Kier molecular flexibility index (Phi) is 4.00. The summed E-state index contributed by atoms with van der Waals surface area (Å²) in [6.45, 7) is 4.69. The first kappa shape index (κ1) is 15.4. The third kappa shape index (κ3) is 2.96. The number of nitrogens with zero attached hydrogens (tertiary/aromatic N) is 5. The number of aromatic nitrogens is 4. The van der Waals surface area contributed by atoms with Gasteiger partial charge in [-0.3, -0.25) is 4.90 Å². The van der Waals surface area contributed by atoms with Crippen molar-refractivity contribution in [2.75, 3.05) is 19.7 Å². The van der Waals surface area contributed by atoms with E-state index in [1.165, 1.54) is 9.71 Å². The molecule has 25 heavy (non-hydrogen) atoms. The van der Waals surface area contributed by atoms with Gasteiger partial charge in [0.2, 0.25) is 0 Å². The molecule has 0 radical (unpaired) electrons. The minimum absolute atomic E-state index is 0.136. The van der Waals surface area contributed by atoms with Gasteiger partial charge in [0.25, 0.3) is 0 Å². The number of hydrogen-bond donors (Lipinski definition) is 0. The van der Waals surface area contributed by atoms with Crippen LogP contribution in [0.4, 0.5) is 0 Å². The highest BCUT2D eigenvalue weighted by Crippen LogP contribution is 2.28. The van der Waals surface area contributed by atoms with E-state index in [4.69, 9.17) is 9.72 Å². The summed E-state index contributed by atoms with van der Waals surface area (Å²) < 4.78 is 9.37. The molecule has 2 aliphatic rings. The summed E-state index contributed by atoms with van der Waals surface area (Å²) in [5.74, 6) is 2.12. The van der Waals surface area contributed by atoms with Gasteiger partial charge in [-0.15, -0.1) is 21.5 Å². The normalized spacial score (nSPS) is 21.5. The highest BCUT2D eigenvalue weighted by Gasteiger charge is 2.27. The molecular formula is C18H21N5OS. The summed E-state index contributed by atoms with van der Waals surface area (Å²) in [4.78, 5) is 7.25. The van der Waals surface area contributed by atoms with Crippen LogP contribution < -0.4 is 0 Å². The van der Waals surface area contributed by atoms with Gasteiger partial charge in [0.1, 0.15) is 16.9 Å². The van der Waals surface area contributed by atoms with Gasteiger partial charge in [0.05, 0.1) is 16.8 Å². The summed E-state index contributed by atoms with van der Waals surface area (Å²) in [7, 11) is 0. The number of benzene rings is 1. The fourth-order valence-electron chi connectivity index (χ4n) is 3.75. The van der Waals surface area contributed by atoms with Crippen molar-refractivity contribution in [1.82, 2.24) is 24.6 Å². The van der Waals surface area contributed by atoms with Crippen molar-refractivity contribution in [3.63, 3.8) is 0 Å². The quantitative estimate of drug-likeness (QED) is 0.723. The van der Waals surface area contributed by atoms with Gasteiger partial charge in [0.15, 0.2) is 5.82 Å². The van der Waals surface area contributed by atoms with Crippen LogP contribution in [0, 0.1) is 0 Å². The van der Waals surface area contributed by atoms with Crippen LogP contribution in [0.1, 0.15) is 35.6 Å². The van der Waals surface area contributed by atoms with Crippen LogP contribution in [-0.2, 0) is 24.2 Å². The fourth-order valence-corrected chi connectivity index (χ4v) is 4.76. The predicted octanol–water partition coefficient (Wildman–Crippen LogP) is 2.80. The Morgan fingerprint density at radius 3 is 3.00 bits per heavy atom. The van der Waals surface area contributed by atoms with Gasteiger partial charge in [-0.25, -0.2) is 4.98 Å². The largest absolute Gasteiger partial charge is 0.370 e. The Labute approximate surface area is 150 Å². The molecule has 1 saturated heterocycles. The number of rotatable bonds is 3. The lowest BCUT2D eigenvalue weighted by atomic mass is 10.2. The Hall–Kier alpha value is -1.83. The van der Waals surface area contributed by atoms with Crippen molar-refractivity contribution < 1.29 is 4.74 Å². The van der Waals surface area contributed by atoms with Crippen molar-refractivity contribution in [2.24, 2.45) is 0 Å². The highest BCUT2D eigenvalue weighted by molar-refractivity contribution is 7.18. The topological polar surface area (TPSA) is 56.1 Å². The third-order valence-electron chi connectivity index (χ3n) is 5.06. The molecule has 3 aromatic rings. The molecule has 4 heterocycles. The molecule has 0 spiro atoms. The van der Waals surface area contributed by atoms with E-state index < -0.39 is 0 Å². The minimum Gasteiger partial charge on any atom is -0.370 e. The van der Waals surface area contributed by atoms with E-state index in [2.05, 4.69) is 43.9 Å². The Morgan fingerprint density at radius 1 is 1.16 bits per heavy atom. The second kappa shape index (κ2) is 6.48. The first-order valence-corrected chi connectivity index (χ1v) is 9.79. The van der Waals surface area contributed by atoms with E-state index in [9.17, 15) is 0 Å². The first-order valence-electron chi connectivity index (χ1n) is 8.97. The van der Waals surface area contributed by atoms with Gasteiger partial charge < -0.3 is 9.30 Å². The van der Waals surface area contributed by atoms with Crippen molar-refractivity contribution in [3.05, 3.63) is 40.9 Å². The second-order valence-electron chi connectivity index (χ2n) is 6.73. The minimum atomic E-state index is 0.136. The van der Waals surface area contributed by atoms with E-state index >= 15 is 0 Å². The maximum absolute atomic E-state index is 5.82. The van der Waals surface area contributed by atoms with Crippen molar-refractivity contribution >= 4 is 21.6 Å². The first-order chi connectivity index (χ1) is 12.4. The van der Waals surface area contributed by atoms with Crippen LogP contribution in [0.15, 0.2) is 24.3 Å². The van der Waals surface area contributed by atoms with E-state index in [1.807, 2.05) is 0 Å². The molecule has 1 unspecified atom stereocenters. The molecule has 6 nitrogen and oxygen atoms in total. The summed E-state index contributed by atoms with van der Waals surface area (Å²) in [5, 5.41) is 10.0. The average Bonchev–Trinajstić information content (AvgIpc) is 3.33. The van der Waals surface area contributed by atoms with E-state index in [0.717, 1.165) is 69.2 Å². The van der Waals surface area contributed by atoms with Crippen LogP contribution in [0.2, 0.25) is 0 Å². The van der Waals surface area contributed by atoms with Crippen LogP contribution in [0.3, 0.4) is 0 Å². The number of ether oxygens (including phenoxy) is 1. The fraction of sp³-hybridized carbons (Fsp3) is 0.500. The number of para-hydroxylation sites is 1. The molecule has 2 aromatic heterocycles. The zero-order chi connectivity index (χ0) is 16.6. The SMILES string of the molecule is c1ccc2sc(CN3CCc4nnc(C5CCCO5)n4CC3)nc2c1. The van der Waals surface area contributed by atoms with E-state index in [1.54, 1.807) is 11.3 Å². The average molecular weight is 355 g/mol. The zero-order valence-corrected chi connectivity index (χ0v) is 14.9. The second-order valence-corrected chi connectivity index (χ2v) is 7.84. The van der Waals surface area contributed by atoms with Gasteiger partial charge in [-0.1, -0.05) is 12.1 Å². The third-order valence-corrected chi connectivity index (χ3v) is 6.08. The Balaban J connectivity index is 1.31. The number of hydrogen-bond acceptors (Lipinski definition) is 6. The molecule has 2 aliphatic heterocycles. The standard InChI is InChI=1S/C18H21N5OS/c1-2-6-15-13(4-1)19-17(25-15)12-22-8-7-16-20-21-18(23(16)10-9-22)14-5-3-11-24-14/h1-2,4,6,14H,3,5,7-12H2. The van der Waals surface area contributed by atoms with Crippen LogP contribution in [0.5, 0.6) is 0 Å². The lowest BCUT2D eigenvalue weighted by Crippen LogP contribution is -2.26. The summed E-state index contributed by atoms with van der Waals surface area (Å²) in [6, 6.07) is 8.37. The maximum atomic E-state index is 5.82. The molecule has 0 amide bonds. The summed E-state index contributed by atoms with van der Waals surface area (Å²) in [6.07, 6.45) is 3.26. The number of fused-ring (bicyclic) bond motifs is 2. The maximum Gasteiger partial charge on any atom is 0.162 e. The molecule has 0 aliphatic carbocycles. The molecular weight excluding hydrogens is 334 g/mol. The molecule has 5 rings (SSSR count). The Morgan fingerprint density at radius 2 is 2.12 bits per heavy atom. The molecule has 0 saturated carbocycles. The van der Waals surface area contributed by atoms with Crippen LogP contribution in [-0.4, -0.2) is 44.3 Å². The highest BCUT2D eigenvalue weighted by atomic mass is 32.1. The molecule has 0 N–H and O–H groups in total. The number of thiazole rings is 1. The van der Waals surface area contributed by atoms with Gasteiger partial charge in [0, 0.05) is 32.7 Å². The molecule has 130 valence electrons. The monoisotopic (exact) mass is 355 g/mol. The molecule has 1 atom stereocenters. The van der Waals surface area contributed by atoms with Crippen molar-refractivity contribution in [3.8, 4) is 0 Å². The zero-order valence-electron chi connectivity index (χ0n) is 14.1. The molecule has 7 heteroatoms. The lowest BCUT2D eigenvalue weighted by Gasteiger charge is -2.18. The van der Waals surface area contributed by atoms with Gasteiger partial charge in [-0.05, 0) is 25.0 Å². The Bertz CT molecular complexity index is 850. The predicted molar refractivity (Wildman–Crippen MR) is 96.6 cm³/mol. The van der Waals surface area contributed by atoms with Gasteiger partial charge in [-0.2, -0.15) is 0 Å². The van der Waals surface area contributed by atoms with E-state index in [0.29, 0.717) is 0 Å². The van der Waals surface area contributed by atoms with Crippen molar-refractivity contribution in [2.45, 2.75) is 38.5 Å². The van der Waals surface area contributed by atoms with Crippen LogP contribution in [0.25, 0.3) is 10.2 Å². The molecule has 1 fully saturated rings. The van der Waals surface area contributed by atoms with Crippen molar-refractivity contribution in [1.29, 1.82) is 0 Å². The summed E-state index contributed by atoms with van der Waals surface area (Å²) >= 11 is 1.80. The van der Waals surface area contributed by atoms with Crippen LogP contribution >= 0.6 is 11.3 Å². The van der Waals surface area contributed by atoms with Gasteiger partial charge >= 0.3 is 0 Å². The molecule has 0 bridgehead atoms. The lowest BCUT2D eigenvalue weighted by molar-refractivity contribution is 0.101.